The molecule has 0 aromatic rings. The summed E-state index contributed by atoms with van der Waals surface area (Å²) in [5.74, 6) is 0.619. The van der Waals surface area contributed by atoms with Crippen molar-refractivity contribution in [1.29, 1.82) is 0 Å². The second-order valence-electron chi connectivity index (χ2n) is 4.65. The van der Waals surface area contributed by atoms with Crippen molar-refractivity contribution in [1.82, 2.24) is 5.32 Å². The van der Waals surface area contributed by atoms with Gasteiger partial charge in [0.15, 0.2) is 5.96 Å². The van der Waals surface area contributed by atoms with E-state index in [9.17, 15) is 0 Å². The van der Waals surface area contributed by atoms with E-state index in [2.05, 4.69) is 10.3 Å². The molecule has 1 rings (SSSR count). The zero-order valence-corrected chi connectivity index (χ0v) is 11.1. The van der Waals surface area contributed by atoms with Crippen molar-refractivity contribution in [3.05, 3.63) is 0 Å². The zero-order chi connectivity index (χ0) is 12.3. The molecule has 0 saturated heterocycles. The molecule has 0 aromatic carbocycles. The molecule has 0 radical (unpaired) electrons. The molecule has 1 aliphatic rings. The van der Waals surface area contributed by atoms with Crippen molar-refractivity contribution in [2.45, 2.75) is 57.9 Å². The summed E-state index contributed by atoms with van der Waals surface area (Å²) >= 11 is 0. The lowest BCUT2D eigenvalue weighted by Gasteiger charge is -2.23. The molecule has 1 fully saturated rings. The van der Waals surface area contributed by atoms with Crippen LogP contribution in [0.5, 0.6) is 0 Å². The molecule has 0 aromatic heterocycles. The maximum absolute atomic E-state index is 5.85. The Kier molecular flexibility index (Phi) is 7.80. The molecule has 0 bridgehead atoms. The first-order chi connectivity index (χ1) is 8.33. The van der Waals surface area contributed by atoms with E-state index >= 15 is 0 Å². The third-order valence-electron chi connectivity index (χ3n) is 3.14. The summed E-state index contributed by atoms with van der Waals surface area (Å²) in [4.78, 5) is 4.34. The highest BCUT2D eigenvalue weighted by molar-refractivity contribution is 5.78. The lowest BCUT2D eigenvalue weighted by Crippen LogP contribution is -2.41. The number of guanidine groups is 1. The van der Waals surface area contributed by atoms with Gasteiger partial charge in [-0.3, -0.25) is 4.99 Å². The largest absolute Gasteiger partial charge is 0.382 e. The van der Waals surface area contributed by atoms with E-state index in [-0.39, 0.29) is 0 Å². The lowest BCUT2D eigenvalue weighted by atomic mass is 9.96. The molecule has 0 atom stereocenters. The Hall–Kier alpha value is -0.770. The van der Waals surface area contributed by atoms with E-state index in [1.54, 1.807) is 0 Å². The van der Waals surface area contributed by atoms with Crippen LogP contribution in [0.3, 0.4) is 0 Å². The molecule has 3 N–H and O–H groups in total. The molecule has 0 unspecified atom stereocenters. The van der Waals surface area contributed by atoms with E-state index in [1.807, 2.05) is 6.92 Å². The number of rotatable bonds is 7. The van der Waals surface area contributed by atoms with Crippen LogP contribution in [0, 0.1) is 0 Å². The first kappa shape index (κ1) is 14.3. The fraction of sp³-hybridized carbons (Fsp3) is 0.923. The molecule has 4 heteroatoms. The minimum atomic E-state index is 0.552. The third-order valence-corrected chi connectivity index (χ3v) is 3.14. The smallest absolute Gasteiger partial charge is 0.188 e. The van der Waals surface area contributed by atoms with Gasteiger partial charge in [0.25, 0.3) is 0 Å². The van der Waals surface area contributed by atoms with E-state index < -0.39 is 0 Å². The highest BCUT2D eigenvalue weighted by atomic mass is 16.5. The van der Waals surface area contributed by atoms with Gasteiger partial charge >= 0.3 is 0 Å². The maximum Gasteiger partial charge on any atom is 0.188 e. The van der Waals surface area contributed by atoms with Gasteiger partial charge in [-0.2, -0.15) is 0 Å². The van der Waals surface area contributed by atoms with Crippen LogP contribution in [0.1, 0.15) is 51.9 Å². The number of nitrogens with zero attached hydrogens (tertiary/aromatic N) is 1. The first-order valence-corrected chi connectivity index (χ1v) is 6.97. The second-order valence-corrected chi connectivity index (χ2v) is 4.65. The van der Waals surface area contributed by atoms with Crippen molar-refractivity contribution < 1.29 is 4.74 Å². The summed E-state index contributed by atoms with van der Waals surface area (Å²) < 4.78 is 5.27. The second kappa shape index (κ2) is 9.28. The van der Waals surface area contributed by atoms with Crippen LogP contribution in [-0.4, -0.2) is 31.8 Å². The van der Waals surface area contributed by atoms with Crippen molar-refractivity contribution in [3.8, 4) is 0 Å². The molecule has 4 nitrogen and oxygen atoms in total. The summed E-state index contributed by atoms with van der Waals surface area (Å²) in [5.41, 5.74) is 5.85. The molecule has 0 spiro atoms. The normalized spacial score (nSPS) is 18.3. The molecular weight excluding hydrogens is 214 g/mol. The number of nitrogens with two attached hydrogens (primary N) is 1. The standard InChI is InChI=1S/C13H27N3O/c1-2-17-11-7-6-10-15-13(14)16-12-8-4-3-5-9-12/h12H,2-11H2,1H3,(H3,14,15,16). The van der Waals surface area contributed by atoms with Gasteiger partial charge in [-0.1, -0.05) is 19.3 Å². The average Bonchev–Trinajstić information content (AvgIpc) is 2.35. The SMILES string of the molecule is CCOCCCCN=C(N)NC1CCCCC1. The van der Waals surface area contributed by atoms with Crippen LogP contribution in [0.2, 0.25) is 0 Å². The number of hydrogen-bond donors (Lipinski definition) is 2. The van der Waals surface area contributed by atoms with Crippen LogP contribution in [-0.2, 0) is 4.74 Å². The fourth-order valence-electron chi connectivity index (χ4n) is 2.16. The van der Waals surface area contributed by atoms with E-state index in [0.29, 0.717) is 12.0 Å². The van der Waals surface area contributed by atoms with Gasteiger partial charge in [-0.15, -0.1) is 0 Å². The van der Waals surface area contributed by atoms with E-state index in [1.165, 1.54) is 32.1 Å². The molecule has 1 saturated carbocycles. The predicted octanol–water partition coefficient (Wildman–Crippen LogP) is 2.04. The molecule has 0 amide bonds. The Bertz CT molecular complexity index is 213. The van der Waals surface area contributed by atoms with Crippen LogP contribution >= 0.6 is 0 Å². The van der Waals surface area contributed by atoms with Crippen LogP contribution < -0.4 is 11.1 Å². The minimum absolute atomic E-state index is 0.552. The molecular formula is C13H27N3O. The third kappa shape index (κ3) is 7.21. The van der Waals surface area contributed by atoms with Crippen molar-refractivity contribution in [3.63, 3.8) is 0 Å². The molecule has 0 heterocycles. The number of hydrogen-bond acceptors (Lipinski definition) is 2. The topological polar surface area (TPSA) is 59.6 Å². The molecule has 17 heavy (non-hydrogen) atoms. The van der Waals surface area contributed by atoms with Gasteiger partial charge in [-0.25, -0.2) is 0 Å². The predicted molar refractivity (Wildman–Crippen MR) is 72.2 cm³/mol. The summed E-state index contributed by atoms with van der Waals surface area (Å²) in [6, 6.07) is 0.552. The lowest BCUT2D eigenvalue weighted by molar-refractivity contribution is 0.144. The molecule has 0 aliphatic heterocycles. The summed E-state index contributed by atoms with van der Waals surface area (Å²) in [5, 5.41) is 3.32. The Balaban J connectivity index is 2.03. The van der Waals surface area contributed by atoms with E-state index in [0.717, 1.165) is 32.6 Å². The molecule has 1 aliphatic carbocycles. The van der Waals surface area contributed by atoms with Crippen molar-refractivity contribution in [2.75, 3.05) is 19.8 Å². The minimum Gasteiger partial charge on any atom is -0.382 e. The summed E-state index contributed by atoms with van der Waals surface area (Å²) in [6.07, 6.45) is 8.59. The van der Waals surface area contributed by atoms with Crippen LogP contribution in [0.15, 0.2) is 4.99 Å². The monoisotopic (exact) mass is 241 g/mol. The Morgan fingerprint density at radius 3 is 2.76 bits per heavy atom. The Morgan fingerprint density at radius 1 is 1.29 bits per heavy atom. The van der Waals surface area contributed by atoms with Crippen LogP contribution in [0.25, 0.3) is 0 Å². The van der Waals surface area contributed by atoms with Gasteiger partial charge in [0.05, 0.1) is 0 Å². The highest BCUT2D eigenvalue weighted by Crippen LogP contribution is 2.16. The van der Waals surface area contributed by atoms with Gasteiger partial charge < -0.3 is 15.8 Å². The summed E-state index contributed by atoms with van der Waals surface area (Å²) in [6.45, 7) is 4.46. The molecule has 100 valence electrons. The Morgan fingerprint density at radius 2 is 2.06 bits per heavy atom. The number of nitrogens with one attached hydrogen (secondary N) is 1. The van der Waals surface area contributed by atoms with Gasteiger partial charge in [0, 0.05) is 25.8 Å². The Labute approximate surface area is 105 Å². The van der Waals surface area contributed by atoms with E-state index in [4.69, 9.17) is 10.5 Å². The quantitative estimate of drug-likeness (QED) is 0.407. The number of aliphatic imine (C=N–C) groups is 1. The maximum atomic E-state index is 5.85. The van der Waals surface area contributed by atoms with Gasteiger partial charge in [0.2, 0.25) is 0 Å². The van der Waals surface area contributed by atoms with Crippen molar-refractivity contribution in [2.24, 2.45) is 10.7 Å². The average molecular weight is 241 g/mol. The van der Waals surface area contributed by atoms with Crippen LogP contribution in [0.4, 0.5) is 0 Å². The first-order valence-electron chi connectivity index (χ1n) is 6.97. The summed E-state index contributed by atoms with van der Waals surface area (Å²) in [7, 11) is 0. The van der Waals surface area contributed by atoms with Crippen molar-refractivity contribution >= 4 is 5.96 Å². The number of unbranched alkanes of at least 4 members (excludes halogenated alkanes) is 1. The highest BCUT2D eigenvalue weighted by Gasteiger charge is 2.12. The van der Waals surface area contributed by atoms with Gasteiger partial charge in [0.1, 0.15) is 0 Å². The number of ether oxygens (including phenoxy) is 1. The fourth-order valence-corrected chi connectivity index (χ4v) is 2.16. The zero-order valence-electron chi connectivity index (χ0n) is 11.1. The van der Waals surface area contributed by atoms with Gasteiger partial charge in [-0.05, 0) is 32.6 Å².